The molecule has 0 N–H and O–H groups in total. The second kappa shape index (κ2) is 10.4. The molecule has 3 nitrogen and oxygen atoms in total. The van der Waals surface area contributed by atoms with Crippen LogP contribution in [0.25, 0.3) is 0 Å². The molecule has 31 heavy (non-hydrogen) atoms. The van der Waals surface area contributed by atoms with E-state index >= 15 is 0 Å². The standard InChI is InChI=1S/3C7H7.C6H5NO2.Sn/c3*1-7-5-3-2-4-6-7;8-6(9)5-2-1-3-7-4-5;/h3*2-6H,1H2;1-4H,(H,8,9);/q;;;;+1/p-1. The fourth-order valence-electron chi connectivity index (χ4n) is 3.94. The first-order valence-corrected chi connectivity index (χ1v) is 17.7. The van der Waals surface area contributed by atoms with E-state index in [1.165, 1.54) is 16.7 Å². The van der Waals surface area contributed by atoms with Crippen LogP contribution in [0.3, 0.4) is 0 Å². The van der Waals surface area contributed by atoms with Gasteiger partial charge in [0.1, 0.15) is 0 Å². The first kappa shape index (κ1) is 21.3. The average Bonchev–Trinajstić information content (AvgIpc) is 2.81. The van der Waals surface area contributed by atoms with Gasteiger partial charge in [0, 0.05) is 0 Å². The fraction of sp³-hybridized carbons (Fsp3) is 0.111. The van der Waals surface area contributed by atoms with Crippen molar-refractivity contribution in [3.63, 3.8) is 0 Å². The van der Waals surface area contributed by atoms with E-state index in [-0.39, 0.29) is 5.97 Å². The molecule has 0 amide bonds. The van der Waals surface area contributed by atoms with E-state index in [1.807, 2.05) is 18.2 Å². The Labute approximate surface area is 188 Å². The predicted molar refractivity (Wildman–Crippen MR) is 126 cm³/mol. The average molecular weight is 514 g/mol. The van der Waals surface area contributed by atoms with Gasteiger partial charge in [0.05, 0.1) is 0 Å². The number of carbonyl (C=O) groups excluding carboxylic acids is 1. The number of hydrogen-bond acceptors (Lipinski definition) is 3. The monoisotopic (exact) mass is 515 g/mol. The van der Waals surface area contributed by atoms with E-state index in [2.05, 4.69) is 77.8 Å². The molecule has 0 aliphatic carbocycles. The molecule has 4 aromatic rings. The zero-order chi connectivity index (χ0) is 21.4. The van der Waals surface area contributed by atoms with E-state index in [9.17, 15) is 4.79 Å². The number of benzene rings is 3. The van der Waals surface area contributed by atoms with Crippen LogP contribution in [0.1, 0.15) is 27.0 Å². The van der Waals surface area contributed by atoms with Crippen LogP contribution in [0.15, 0.2) is 116 Å². The third-order valence-electron chi connectivity index (χ3n) is 5.31. The molecule has 0 aliphatic rings. The van der Waals surface area contributed by atoms with Crippen molar-refractivity contribution in [1.29, 1.82) is 0 Å². The van der Waals surface area contributed by atoms with Gasteiger partial charge in [-0.05, 0) is 0 Å². The summed E-state index contributed by atoms with van der Waals surface area (Å²) in [7, 11) is 0. The van der Waals surface area contributed by atoms with Crippen molar-refractivity contribution in [2.45, 2.75) is 13.3 Å². The van der Waals surface area contributed by atoms with Crippen LogP contribution < -0.4 is 0 Å². The van der Waals surface area contributed by atoms with Gasteiger partial charge in [-0.15, -0.1) is 0 Å². The molecular weight excluding hydrogens is 489 g/mol. The van der Waals surface area contributed by atoms with Gasteiger partial charge in [0.2, 0.25) is 0 Å². The first-order valence-electron chi connectivity index (χ1n) is 10.5. The van der Waals surface area contributed by atoms with Gasteiger partial charge < -0.3 is 0 Å². The molecule has 0 unspecified atom stereocenters. The molecule has 4 rings (SSSR count). The van der Waals surface area contributed by atoms with Gasteiger partial charge in [-0.1, -0.05) is 0 Å². The molecule has 0 bridgehead atoms. The summed E-state index contributed by atoms with van der Waals surface area (Å²) in [5.41, 5.74) is 4.19. The topological polar surface area (TPSA) is 39.2 Å². The van der Waals surface area contributed by atoms with E-state index in [4.69, 9.17) is 3.07 Å². The summed E-state index contributed by atoms with van der Waals surface area (Å²) in [6.45, 7) is 0. The van der Waals surface area contributed by atoms with Gasteiger partial charge in [-0.25, -0.2) is 0 Å². The SMILES string of the molecule is O=C([O][Sn]([CH2]c1ccccc1)([CH2]c1ccccc1)[CH2]c1ccccc1)c1cccnc1. The number of rotatable bonds is 8. The molecule has 0 atom stereocenters. The van der Waals surface area contributed by atoms with Crippen LogP contribution in [0.5, 0.6) is 0 Å². The molecule has 0 fully saturated rings. The van der Waals surface area contributed by atoms with Gasteiger partial charge in [0.25, 0.3) is 0 Å². The Morgan fingerprint density at radius 2 is 1.10 bits per heavy atom. The van der Waals surface area contributed by atoms with Crippen LogP contribution in [0.4, 0.5) is 0 Å². The van der Waals surface area contributed by atoms with Crippen LogP contribution in [-0.2, 0) is 16.4 Å². The zero-order valence-corrected chi connectivity index (χ0v) is 20.2. The van der Waals surface area contributed by atoms with Gasteiger partial charge >= 0.3 is 189 Å². The van der Waals surface area contributed by atoms with Crippen molar-refractivity contribution >= 4 is 24.8 Å². The molecule has 0 saturated heterocycles. The normalized spacial score (nSPS) is 11.1. The van der Waals surface area contributed by atoms with Crippen molar-refractivity contribution in [2.24, 2.45) is 0 Å². The van der Waals surface area contributed by atoms with E-state index in [0.717, 1.165) is 13.3 Å². The quantitative estimate of drug-likeness (QED) is 0.291. The minimum absolute atomic E-state index is 0.258. The van der Waals surface area contributed by atoms with E-state index in [0.29, 0.717) is 5.56 Å². The first-order chi connectivity index (χ1) is 15.2. The van der Waals surface area contributed by atoms with Crippen molar-refractivity contribution in [2.75, 3.05) is 0 Å². The number of carbonyl (C=O) groups is 1. The summed E-state index contributed by atoms with van der Waals surface area (Å²) in [5.74, 6) is -0.258. The van der Waals surface area contributed by atoms with Crippen LogP contribution in [0, 0.1) is 0 Å². The molecule has 0 spiro atoms. The minimum atomic E-state index is -3.62. The van der Waals surface area contributed by atoms with Crippen molar-refractivity contribution in [3.05, 3.63) is 138 Å². The summed E-state index contributed by atoms with van der Waals surface area (Å²) in [6, 6.07) is 34.8. The molecular formula is C27H25NO2Sn. The Bertz CT molecular complexity index is 986. The Balaban J connectivity index is 1.74. The molecule has 0 radical (unpaired) electrons. The predicted octanol–water partition coefficient (Wildman–Crippen LogP) is 5.53. The van der Waals surface area contributed by atoms with Crippen molar-refractivity contribution in [3.8, 4) is 0 Å². The number of pyridine rings is 1. The van der Waals surface area contributed by atoms with Crippen LogP contribution in [0.2, 0.25) is 0 Å². The molecule has 4 heteroatoms. The van der Waals surface area contributed by atoms with Gasteiger partial charge in [-0.3, -0.25) is 0 Å². The maximum atomic E-state index is 13.2. The summed E-state index contributed by atoms with van der Waals surface area (Å²) in [5, 5.41) is 0. The molecule has 3 aromatic carbocycles. The van der Waals surface area contributed by atoms with Gasteiger partial charge in [-0.2, -0.15) is 0 Å². The Morgan fingerprint density at radius 1 is 0.645 bits per heavy atom. The summed E-state index contributed by atoms with van der Waals surface area (Å²) < 4.78 is 9.04. The molecule has 0 saturated carbocycles. The second-order valence-electron chi connectivity index (χ2n) is 7.80. The van der Waals surface area contributed by atoms with Crippen LogP contribution in [-0.4, -0.2) is 29.7 Å². The Hall–Kier alpha value is -2.92. The summed E-state index contributed by atoms with van der Waals surface area (Å²) >= 11 is -3.62. The van der Waals surface area contributed by atoms with Crippen molar-refractivity contribution in [1.82, 2.24) is 4.98 Å². The van der Waals surface area contributed by atoms with Crippen molar-refractivity contribution < 1.29 is 7.87 Å². The molecule has 1 aromatic heterocycles. The number of aromatic nitrogens is 1. The fourth-order valence-corrected chi connectivity index (χ4v) is 15.5. The van der Waals surface area contributed by atoms with Gasteiger partial charge in [0.15, 0.2) is 0 Å². The Morgan fingerprint density at radius 3 is 1.48 bits per heavy atom. The zero-order valence-electron chi connectivity index (χ0n) is 17.4. The third-order valence-corrected chi connectivity index (χ3v) is 16.1. The van der Waals surface area contributed by atoms with E-state index in [1.54, 1.807) is 24.5 Å². The van der Waals surface area contributed by atoms with E-state index < -0.39 is 18.8 Å². The summed E-state index contributed by atoms with van der Waals surface area (Å²) in [6.07, 6.45) is 3.26. The molecule has 154 valence electrons. The number of hydrogen-bond donors (Lipinski definition) is 0. The Kier molecular flexibility index (Phi) is 7.15. The number of nitrogens with zero attached hydrogens (tertiary/aromatic N) is 1. The second-order valence-corrected chi connectivity index (χ2v) is 18.2. The molecule has 1 heterocycles. The molecule has 0 aliphatic heterocycles. The van der Waals surface area contributed by atoms with Crippen LogP contribution >= 0.6 is 0 Å². The summed E-state index contributed by atoms with van der Waals surface area (Å²) in [4.78, 5) is 17.3. The maximum absolute atomic E-state index is 13.2. The third kappa shape index (κ3) is 6.05.